The molecule has 1 fully saturated rings. The summed E-state index contributed by atoms with van der Waals surface area (Å²) in [6.45, 7) is 11.0. The van der Waals surface area contributed by atoms with Gasteiger partial charge in [-0.2, -0.15) is 0 Å². The Hall–Kier alpha value is -0.850. The molecular weight excluding hydrogens is 272 g/mol. The molecule has 124 valence electrons. The second kappa shape index (κ2) is 8.56. The van der Waals surface area contributed by atoms with Crippen molar-refractivity contribution in [2.45, 2.75) is 51.8 Å². The highest BCUT2D eigenvalue weighted by atomic mass is 16.6. The van der Waals surface area contributed by atoms with Crippen LogP contribution in [0.25, 0.3) is 0 Å². The number of ether oxygens (including phenoxy) is 3. The highest BCUT2D eigenvalue weighted by molar-refractivity contribution is 5.68. The smallest absolute Gasteiger partial charge is 0.410 e. The van der Waals surface area contributed by atoms with E-state index in [1.165, 1.54) is 0 Å². The molecule has 6 heteroatoms. The highest BCUT2D eigenvalue weighted by Crippen LogP contribution is 2.17. The van der Waals surface area contributed by atoms with Crippen molar-refractivity contribution in [2.75, 3.05) is 40.0 Å². The number of hydrogen-bond donors (Lipinski definition) is 1. The monoisotopic (exact) mass is 302 g/mol. The second-order valence-corrected chi connectivity index (χ2v) is 6.49. The first-order valence-corrected chi connectivity index (χ1v) is 7.63. The molecule has 0 spiro atoms. The molecular formula is C15H30N2O4. The molecule has 6 nitrogen and oxygen atoms in total. The van der Waals surface area contributed by atoms with Crippen LogP contribution in [-0.2, 0) is 14.2 Å². The molecule has 0 saturated carbocycles. The quantitative estimate of drug-likeness (QED) is 0.756. The predicted molar refractivity (Wildman–Crippen MR) is 81.5 cm³/mol. The third-order valence-corrected chi connectivity index (χ3v) is 3.28. The van der Waals surface area contributed by atoms with Crippen LogP contribution in [0.5, 0.6) is 0 Å². The zero-order chi connectivity index (χ0) is 15.9. The van der Waals surface area contributed by atoms with E-state index in [0.717, 1.165) is 13.0 Å². The lowest BCUT2D eigenvalue weighted by Crippen LogP contribution is -2.52. The normalized spacial score (nSPS) is 21.2. The Morgan fingerprint density at radius 2 is 2.19 bits per heavy atom. The molecule has 1 heterocycles. The van der Waals surface area contributed by atoms with Crippen molar-refractivity contribution >= 4 is 6.09 Å². The average molecular weight is 302 g/mol. The molecule has 0 aromatic heterocycles. The van der Waals surface area contributed by atoms with Gasteiger partial charge in [-0.15, -0.1) is 0 Å². The Morgan fingerprint density at radius 1 is 1.48 bits per heavy atom. The van der Waals surface area contributed by atoms with E-state index in [1.54, 1.807) is 12.0 Å². The Kier molecular flexibility index (Phi) is 7.42. The summed E-state index contributed by atoms with van der Waals surface area (Å²) >= 11 is 0. The zero-order valence-electron chi connectivity index (χ0n) is 14.0. The summed E-state index contributed by atoms with van der Waals surface area (Å²) in [4.78, 5) is 14.1. The van der Waals surface area contributed by atoms with Crippen LogP contribution in [0.2, 0.25) is 0 Å². The lowest BCUT2D eigenvalue weighted by Gasteiger charge is -2.37. The standard InChI is InChI=1S/C15H30N2O4/c1-12(16-6-8-19-5)10-13-11-20-9-7-17(13)14(18)21-15(2,3)4/h12-13,16H,6-11H2,1-5H3. The van der Waals surface area contributed by atoms with Gasteiger partial charge in [0.15, 0.2) is 0 Å². The number of carbonyl (C=O) groups is 1. The van der Waals surface area contributed by atoms with Gasteiger partial charge in [0, 0.05) is 26.2 Å². The van der Waals surface area contributed by atoms with Crippen LogP contribution >= 0.6 is 0 Å². The minimum Gasteiger partial charge on any atom is -0.444 e. The Labute approximate surface area is 128 Å². The summed E-state index contributed by atoms with van der Waals surface area (Å²) in [6, 6.07) is 0.343. The summed E-state index contributed by atoms with van der Waals surface area (Å²) in [5.41, 5.74) is -0.470. The molecule has 2 atom stereocenters. The second-order valence-electron chi connectivity index (χ2n) is 6.49. The summed E-state index contributed by atoms with van der Waals surface area (Å²) in [7, 11) is 1.69. The Balaban J connectivity index is 2.50. The molecule has 0 aromatic carbocycles. The number of nitrogens with one attached hydrogen (secondary N) is 1. The number of carbonyl (C=O) groups excluding carboxylic acids is 1. The number of hydrogen-bond acceptors (Lipinski definition) is 5. The number of amides is 1. The minimum atomic E-state index is -0.470. The summed E-state index contributed by atoms with van der Waals surface area (Å²) < 4.78 is 16.0. The molecule has 0 aliphatic carbocycles. The topological polar surface area (TPSA) is 60.0 Å². The largest absolute Gasteiger partial charge is 0.444 e. The molecule has 21 heavy (non-hydrogen) atoms. The van der Waals surface area contributed by atoms with Crippen molar-refractivity contribution in [3.63, 3.8) is 0 Å². The van der Waals surface area contributed by atoms with Gasteiger partial charge in [0.1, 0.15) is 5.60 Å². The van der Waals surface area contributed by atoms with Gasteiger partial charge >= 0.3 is 6.09 Å². The fourth-order valence-electron chi connectivity index (χ4n) is 2.31. The summed E-state index contributed by atoms with van der Waals surface area (Å²) in [5.74, 6) is 0. The van der Waals surface area contributed by atoms with Gasteiger partial charge in [0.2, 0.25) is 0 Å². The number of nitrogens with zero attached hydrogens (tertiary/aromatic N) is 1. The van der Waals surface area contributed by atoms with Gasteiger partial charge in [-0.3, -0.25) is 0 Å². The van der Waals surface area contributed by atoms with Crippen molar-refractivity contribution in [2.24, 2.45) is 0 Å². The lowest BCUT2D eigenvalue weighted by atomic mass is 10.1. The van der Waals surface area contributed by atoms with Gasteiger partial charge in [-0.25, -0.2) is 4.79 Å². The summed E-state index contributed by atoms with van der Waals surface area (Å²) in [5, 5.41) is 3.38. The molecule has 1 saturated heterocycles. The fourth-order valence-corrected chi connectivity index (χ4v) is 2.31. The van der Waals surface area contributed by atoms with Crippen molar-refractivity contribution in [3.05, 3.63) is 0 Å². The number of morpholine rings is 1. The lowest BCUT2D eigenvalue weighted by molar-refractivity contribution is -0.0356. The van der Waals surface area contributed by atoms with Crippen LogP contribution in [-0.4, -0.2) is 68.7 Å². The van der Waals surface area contributed by atoms with Crippen molar-refractivity contribution in [1.29, 1.82) is 0 Å². The van der Waals surface area contributed by atoms with Gasteiger partial charge < -0.3 is 24.4 Å². The van der Waals surface area contributed by atoms with E-state index < -0.39 is 5.60 Å². The van der Waals surface area contributed by atoms with E-state index in [4.69, 9.17) is 14.2 Å². The maximum atomic E-state index is 12.3. The van der Waals surface area contributed by atoms with Crippen molar-refractivity contribution < 1.29 is 19.0 Å². The van der Waals surface area contributed by atoms with Crippen molar-refractivity contribution in [1.82, 2.24) is 10.2 Å². The first kappa shape index (κ1) is 18.2. The van der Waals surface area contributed by atoms with Gasteiger partial charge in [0.25, 0.3) is 0 Å². The maximum Gasteiger partial charge on any atom is 0.410 e. The molecule has 0 radical (unpaired) electrons. The first-order valence-electron chi connectivity index (χ1n) is 7.63. The molecule has 0 bridgehead atoms. The van der Waals surface area contributed by atoms with E-state index >= 15 is 0 Å². The van der Waals surface area contributed by atoms with Gasteiger partial charge in [-0.1, -0.05) is 0 Å². The van der Waals surface area contributed by atoms with E-state index in [-0.39, 0.29) is 18.2 Å². The van der Waals surface area contributed by atoms with Crippen LogP contribution in [0.4, 0.5) is 4.79 Å². The van der Waals surface area contributed by atoms with Crippen LogP contribution in [0.3, 0.4) is 0 Å². The third kappa shape index (κ3) is 7.11. The molecule has 1 amide bonds. The molecule has 1 aliphatic heterocycles. The highest BCUT2D eigenvalue weighted by Gasteiger charge is 2.31. The molecule has 2 unspecified atom stereocenters. The minimum absolute atomic E-state index is 0.0543. The molecule has 0 aromatic rings. The number of methoxy groups -OCH3 is 1. The zero-order valence-corrected chi connectivity index (χ0v) is 14.0. The van der Waals surface area contributed by atoms with E-state index in [9.17, 15) is 4.79 Å². The fraction of sp³-hybridized carbons (Fsp3) is 0.933. The SMILES string of the molecule is COCCNC(C)CC1COCCN1C(=O)OC(C)(C)C. The predicted octanol–water partition coefficient (Wildman–Crippen LogP) is 1.64. The van der Waals surface area contributed by atoms with Crippen LogP contribution in [0.1, 0.15) is 34.1 Å². The Morgan fingerprint density at radius 3 is 2.81 bits per heavy atom. The average Bonchev–Trinajstić information content (AvgIpc) is 2.37. The maximum absolute atomic E-state index is 12.3. The first-order chi connectivity index (χ1) is 9.83. The number of rotatable bonds is 6. The third-order valence-electron chi connectivity index (χ3n) is 3.28. The van der Waals surface area contributed by atoms with E-state index in [1.807, 2.05) is 20.8 Å². The molecule has 1 N–H and O–H groups in total. The molecule has 1 aliphatic rings. The van der Waals surface area contributed by atoms with Crippen LogP contribution in [0.15, 0.2) is 0 Å². The van der Waals surface area contributed by atoms with E-state index in [0.29, 0.717) is 26.4 Å². The molecule has 1 rings (SSSR count). The van der Waals surface area contributed by atoms with Crippen LogP contribution in [0, 0.1) is 0 Å². The van der Waals surface area contributed by atoms with E-state index in [2.05, 4.69) is 12.2 Å². The van der Waals surface area contributed by atoms with Gasteiger partial charge in [-0.05, 0) is 34.1 Å². The van der Waals surface area contributed by atoms with Crippen LogP contribution < -0.4 is 5.32 Å². The summed E-state index contributed by atoms with van der Waals surface area (Å²) in [6.07, 6.45) is 0.586. The van der Waals surface area contributed by atoms with Gasteiger partial charge in [0.05, 0.1) is 25.9 Å². The van der Waals surface area contributed by atoms with Crippen molar-refractivity contribution in [3.8, 4) is 0 Å². The Bertz CT molecular complexity index is 317.